The van der Waals surface area contributed by atoms with Gasteiger partial charge in [-0.15, -0.1) is 11.3 Å². The Hall–Kier alpha value is -1.21. The molecule has 2 atom stereocenters. The van der Waals surface area contributed by atoms with Crippen LogP contribution >= 0.6 is 11.3 Å². The summed E-state index contributed by atoms with van der Waals surface area (Å²) in [5.41, 5.74) is 0.903. The molecule has 3 rings (SSSR count). The highest BCUT2D eigenvalue weighted by Crippen LogP contribution is 2.40. The minimum absolute atomic E-state index is 0.0628. The molecule has 0 spiro atoms. The normalized spacial score (nSPS) is 27.7. The Balaban J connectivity index is 1.73. The summed E-state index contributed by atoms with van der Waals surface area (Å²) in [6, 6.07) is 1.59. The Morgan fingerprint density at radius 1 is 1.22 bits per heavy atom. The van der Waals surface area contributed by atoms with Crippen LogP contribution in [0.15, 0.2) is 10.3 Å². The molecule has 1 amide bonds. The third-order valence-electron chi connectivity index (χ3n) is 5.06. The number of sulfonamides is 1. The number of nitrogens with one attached hydrogen (secondary N) is 1. The van der Waals surface area contributed by atoms with Crippen molar-refractivity contribution in [3.8, 4) is 0 Å². The second kappa shape index (κ2) is 6.02. The summed E-state index contributed by atoms with van der Waals surface area (Å²) in [6.45, 7) is 3.70. The monoisotopic (exact) mass is 355 g/mol. The van der Waals surface area contributed by atoms with E-state index >= 15 is 0 Å². The fourth-order valence-corrected chi connectivity index (χ4v) is 6.19. The summed E-state index contributed by atoms with van der Waals surface area (Å²) < 4.78 is 27.1. The van der Waals surface area contributed by atoms with E-state index in [4.69, 9.17) is 0 Å². The predicted molar refractivity (Wildman–Crippen MR) is 87.7 cm³/mol. The third kappa shape index (κ3) is 3.21. The maximum absolute atomic E-state index is 12.4. The summed E-state index contributed by atoms with van der Waals surface area (Å²) >= 11 is 1.17. The molecule has 2 aliphatic rings. The van der Waals surface area contributed by atoms with Crippen LogP contribution in [0.5, 0.6) is 0 Å². The molecule has 2 saturated carbocycles. The Kier molecular flexibility index (Phi) is 4.35. The van der Waals surface area contributed by atoms with Crippen molar-refractivity contribution < 1.29 is 18.0 Å². The third-order valence-corrected chi connectivity index (χ3v) is 8.03. The minimum Gasteiger partial charge on any atom is -0.299 e. The lowest BCUT2D eigenvalue weighted by atomic mass is 9.67. The largest absolute Gasteiger partial charge is 0.299 e. The minimum atomic E-state index is -3.81. The number of carbonyl (C=O) groups excluding carboxylic acids is 2. The van der Waals surface area contributed by atoms with Crippen LogP contribution in [-0.4, -0.2) is 20.1 Å². The van der Waals surface area contributed by atoms with E-state index in [1.807, 2.05) is 13.8 Å². The topological polar surface area (TPSA) is 80.3 Å². The molecule has 7 heteroatoms. The van der Waals surface area contributed by atoms with Crippen molar-refractivity contribution in [2.45, 2.75) is 50.2 Å². The smallest absolute Gasteiger partial charge is 0.273 e. The van der Waals surface area contributed by atoms with E-state index in [1.54, 1.807) is 6.07 Å². The van der Waals surface area contributed by atoms with Crippen LogP contribution in [0, 0.1) is 31.6 Å². The lowest BCUT2D eigenvalue weighted by molar-refractivity contribution is -0.137. The Morgan fingerprint density at radius 2 is 1.83 bits per heavy atom. The van der Waals surface area contributed by atoms with Crippen molar-refractivity contribution in [3.63, 3.8) is 0 Å². The Labute approximate surface area is 140 Å². The van der Waals surface area contributed by atoms with Gasteiger partial charge in [0.05, 0.1) is 0 Å². The van der Waals surface area contributed by atoms with Gasteiger partial charge in [0.1, 0.15) is 9.99 Å². The highest BCUT2D eigenvalue weighted by molar-refractivity contribution is 7.92. The average Bonchev–Trinajstić information content (AvgIpc) is 2.78. The first-order valence-electron chi connectivity index (χ1n) is 7.95. The summed E-state index contributed by atoms with van der Waals surface area (Å²) in [5, 5.41) is 0. The molecule has 1 aromatic rings. The molecule has 1 aromatic heterocycles. The molecule has 5 nitrogen and oxygen atoms in total. The SMILES string of the molecule is Cc1cc(S(=O)(=O)NC(=O)C2CC3CCCC(C2)C3=O)sc1C. The van der Waals surface area contributed by atoms with Crippen molar-refractivity contribution in [1.82, 2.24) is 4.72 Å². The van der Waals surface area contributed by atoms with Crippen LogP contribution in [-0.2, 0) is 19.6 Å². The number of hydrogen-bond acceptors (Lipinski definition) is 5. The van der Waals surface area contributed by atoms with Gasteiger partial charge in [-0.2, -0.15) is 0 Å². The van der Waals surface area contributed by atoms with Crippen LogP contribution < -0.4 is 4.72 Å². The second-order valence-corrected chi connectivity index (χ2v) is 9.84. The van der Waals surface area contributed by atoms with E-state index in [9.17, 15) is 18.0 Å². The molecule has 2 unspecified atom stereocenters. The van der Waals surface area contributed by atoms with Gasteiger partial charge in [-0.1, -0.05) is 6.42 Å². The summed E-state index contributed by atoms with van der Waals surface area (Å²) in [5.74, 6) is -0.690. The zero-order valence-corrected chi connectivity index (χ0v) is 14.9. The number of thiophene rings is 1. The Bertz CT molecular complexity index is 715. The summed E-state index contributed by atoms with van der Waals surface area (Å²) in [6.07, 6.45) is 3.66. The van der Waals surface area contributed by atoms with E-state index in [0.29, 0.717) is 12.8 Å². The van der Waals surface area contributed by atoms with E-state index in [-0.39, 0.29) is 27.7 Å². The van der Waals surface area contributed by atoms with Crippen LogP contribution in [0.25, 0.3) is 0 Å². The summed E-state index contributed by atoms with van der Waals surface area (Å²) in [7, 11) is -3.81. The first-order chi connectivity index (χ1) is 10.8. The number of ketones is 1. The van der Waals surface area contributed by atoms with E-state index < -0.39 is 15.9 Å². The van der Waals surface area contributed by atoms with Crippen LogP contribution in [0.2, 0.25) is 0 Å². The number of carbonyl (C=O) groups is 2. The number of fused-ring (bicyclic) bond motifs is 2. The molecule has 23 heavy (non-hydrogen) atoms. The van der Waals surface area contributed by atoms with Crippen LogP contribution in [0.4, 0.5) is 0 Å². The van der Waals surface area contributed by atoms with Gasteiger partial charge < -0.3 is 0 Å². The van der Waals surface area contributed by atoms with Gasteiger partial charge in [0, 0.05) is 22.6 Å². The molecule has 0 aliphatic heterocycles. The number of Topliss-reactive ketones (excluding diaryl/α,β-unsaturated/α-hetero) is 1. The van der Waals surface area contributed by atoms with Crippen molar-refractivity contribution in [2.24, 2.45) is 17.8 Å². The maximum atomic E-state index is 12.4. The highest BCUT2D eigenvalue weighted by atomic mass is 32.2. The number of amides is 1. The van der Waals surface area contributed by atoms with Crippen molar-refractivity contribution in [3.05, 3.63) is 16.5 Å². The predicted octanol–water partition coefficient (Wildman–Crippen LogP) is 2.57. The molecule has 1 heterocycles. The fraction of sp³-hybridized carbons (Fsp3) is 0.625. The number of hydrogen-bond donors (Lipinski definition) is 1. The van der Waals surface area contributed by atoms with Crippen molar-refractivity contribution >= 4 is 33.1 Å². The van der Waals surface area contributed by atoms with E-state index in [0.717, 1.165) is 29.7 Å². The zero-order valence-electron chi connectivity index (χ0n) is 13.3. The first kappa shape index (κ1) is 16.6. The quantitative estimate of drug-likeness (QED) is 0.903. The lowest BCUT2D eigenvalue weighted by Crippen LogP contribution is -2.43. The van der Waals surface area contributed by atoms with Gasteiger partial charge in [-0.05, 0) is 51.2 Å². The maximum Gasteiger partial charge on any atom is 0.273 e. The van der Waals surface area contributed by atoms with Gasteiger partial charge in [0.15, 0.2) is 0 Å². The number of aryl methyl sites for hydroxylation is 2. The van der Waals surface area contributed by atoms with Crippen LogP contribution in [0.1, 0.15) is 42.5 Å². The summed E-state index contributed by atoms with van der Waals surface area (Å²) in [4.78, 5) is 25.4. The second-order valence-electron chi connectivity index (χ2n) is 6.67. The molecule has 0 radical (unpaired) electrons. The molecule has 0 aromatic carbocycles. The Morgan fingerprint density at radius 3 is 2.35 bits per heavy atom. The van der Waals surface area contributed by atoms with Gasteiger partial charge >= 0.3 is 0 Å². The lowest BCUT2D eigenvalue weighted by Gasteiger charge is -2.36. The zero-order chi connectivity index (χ0) is 16.8. The van der Waals surface area contributed by atoms with Gasteiger partial charge in [-0.3, -0.25) is 9.59 Å². The van der Waals surface area contributed by atoms with E-state index in [2.05, 4.69) is 4.72 Å². The van der Waals surface area contributed by atoms with Crippen LogP contribution in [0.3, 0.4) is 0 Å². The molecule has 2 bridgehead atoms. The average molecular weight is 355 g/mol. The first-order valence-corrected chi connectivity index (χ1v) is 10.3. The molecule has 2 fully saturated rings. The molecular formula is C16H21NO4S2. The van der Waals surface area contributed by atoms with E-state index in [1.165, 1.54) is 11.3 Å². The molecule has 126 valence electrons. The van der Waals surface area contributed by atoms with Gasteiger partial charge in [0.25, 0.3) is 10.0 Å². The fourth-order valence-electron chi connectivity index (χ4n) is 3.63. The number of rotatable bonds is 3. The molecule has 2 aliphatic carbocycles. The van der Waals surface area contributed by atoms with Gasteiger partial charge in [-0.25, -0.2) is 13.1 Å². The molecular weight excluding hydrogens is 334 g/mol. The standard InChI is InChI=1S/C16H21NO4S2/c1-9-6-14(22-10(9)2)23(20,21)17-16(19)13-7-11-4-3-5-12(8-13)15(11)18/h6,11-13H,3-5,7-8H2,1-2H3,(H,17,19). The van der Waals surface area contributed by atoms with Crippen molar-refractivity contribution in [2.75, 3.05) is 0 Å². The van der Waals surface area contributed by atoms with Gasteiger partial charge in [0.2, 0.25) is 5.91 Å². The molecule has 1 N–H and O–H groups in total. The highest BCUT2D eigenvalue weighted by Gasteiger charge is 2.42. The van der Waals surface area contributed by atoms with Crippen molar-refractivity contribution in [1.29, 1.82) is 0 Å². The molecule has 0 saturated heterocycles.